The molecule has 1 N–H and O–H groups in total. The topological polar surface area (TPSA) is 38.1 Å². The zero-order valence-electron chi connectivity index (χ0n) is 9.24. The fourth-order valence-electron chi connectivity index (χ4n) is 1.67. The van der Waals surface area contributed by atoms with Gasteiger partial charge in [-0.05, 0) is 19.1 Å². The minimum absolute atomic E-state index is 0.131. The molecular weight excluding hydrogens is 207 g/mol. The maximum absolute atomic E-state index is 13.6. The van der Waals surface area contributed by atoms with E-state index < -0.39 is 0 Å². The van der Waals surface area contributed by atoms with Crippen LogP contribution in [0.25, 0.3) is 11.4 Å². The number of aliphatic hydroxyl groups is 1. The molecule has 1 heterocycles. The van der Waals surface area contributed by atoms with Crippen molar-refractivity contribution in [2.75, 3.05) is 0 Å². The number of rotatable bonds is 2. The van der Waals surface area contributed by atoms with Crippen LogP contribution in [0.15, 0.2) is 24.3 Å². The molecule has 1 aromatic heterocycles. The number of aliphatic hydroxyl groups excluding tert-OH is 1. The lowest BCUT2D eigenvalue weighted by Gasteiger charge is -2.03. The molecule has 0 aliphatic carbocycles. The van der Waals surface area contributed by atoms with E-state index in [1.54, 1.807) is 22.8 Å². The number of hydrogen-bond donors (Lipinski definition) is 1. The molecule has 0 unspecified atom stereocenters. The summed E-state index contributed by atoms with van der Waals surface area (Å²) in [5.41, 5.74) is 1.88. The summed E-state index contributed by atoms with van der Waals surface area (Å²) in [7, 11) is 1.81. The van der Waals surface area contributed by atoms with Gasteiger partial charge in [0.25, 0.3) is 0 Å². The Morgan fingerprint density at radius 2 is 2.06 bits per heavy atom. The zero-order valence-corrected chi connectivity index (χ0v) is 9.24. The van der Waals surface area contributed by atoms with E-state index in [-0.39, 0.29) is 12.4 Å². The number of nitrogens with zero attached hydrogens (tertiary/aromatic N) is 2. The fraction of sp³-hybridized carbons (Fsp3) is 0.250. The minimum atomic E-state index is -0.305. The molecule has 0 amide bonds. The van der Waals surface area contributed by atoms with Crippen molar-refractivity contribution in [3.8, 4) is 11.4 Å². The standard InChI is InChI=1S/C12H13FN2O/c1-8-11(7-16)14-12(15(8)2)9-5-3-4-6-10(9)13/h3-6,16H,7H2,1-2H3. The lowest BCUT2D eigenvalue weighted by atomic mass is 10.2. The largest absolute Gasteiger partial charge is 0.390 e. The fourth-order valence-corrected chi connectivity index (χ4v) is 1.67. The van der Waals surface area contributed by atoms with Crippen LogP contribution in [0.1, 0.15) is 11.4 Å². The van der Waals surface area contributed by atoms with Crippen LogP contribution in [-0.2, 0) is 13.7 Å². The molecule has 0 spiro atoms. The van der Waals surface area contributed by atoms with Crippen LogP contribution in [0, 0.1) is 12.7 Å². The van der Waals surface area contributed by atoms with E-state index in [4.69, 9.17) is 5.11 Å². The van der Waals surface area contributed by atoms with Gasteiger partial charge in [0.05, 0.1) is 17.9 Å². The van der Waals surface area contributed by atoms with Crippen molar-refractivity contribution in [2.24, 2.45) is 7.05 Å². The van der Waals surface area contributed by atoms with Gasteiger partial charge < -0.3 is 9.67 Å². The number of imidazole rings is 1. The van der Waals surface area contributed by atoms with E-state index in [0.29, 0.717) is 17.1 Å². The molecule has 0 radical (unpaired) electrons. The van der Waals surface area contributed by atoms with Gasteiger partial charge >= 0.3 is 0 Å². The maximum atomic E-state index is 13.6. The predicted octanol–water partition coefficient (Wildman–Crippen LogP) is 2.03. The van der Waals surface area contributed by atoms with Crippen LogP contribution < -0.4 is 0 Å². The van der Waals surface area contributed by atoms with Gasteiger partial charge in [-0.2, -0.15) is 0 Å². The predicted molar refractivity (Wildman–Crippen MR) is 59.3 cm³/mol. The normalized spacial score (nSPS) is 10.8. The van der Waals surface area contributed by atoms with Crippen LogP contribution in [0.5, 0.6) is 0 Å². The van der Waals surface area contributed by atoms with Gasteiger partial charge in [0.2, 0.25) is 0 Å². The highest BCUT2D eigenvalue weighted by atomic mass is 19.1. The van der Waals surface area contributed by atoms with Crippen molar-refractivity contribution in [3.05, 3.63) is 41.5 Å². The number of halogens is 1. The summed E-state index contributed by atoms with van der Waals surface area (Å²) >= 11 is 0. The third kappa shape index (κ3) is 1.61. The van der Waals surface area contributed by atoms with Gasteiger partial charge in [-0.25, -0.2) is 9.37 Å². The first kappa shape index (κ1) is 10.8. The van der Waals surface area contributed by atoms with Crippen LogP contribution >= 0.6 is 0 Å². The molecule has 1 aromatic carbocycles. The Morgan fingerprint density at radius 1 is 1.38 bits per heavy atom. The van der Waals surface area contributed by atoms with Crippen molar-refractivity contribution >= 4 is 0 Å². The molecule has 2 rings (SSSR count). The molecular formula is C12H13FN2O. The van der Waals surface area contributed by atoms with E-state index >= 15 is 0 Å². The first-order valence-corrected chi connectivity index (χ1v) is 5.03. The molecule has 0 saturated heterocycles. The summed E-state index contributed by atoms with van der Waals surface area (Å²) in [5, 5.41) is 9.10. The highest BCUT2D eigenvalue weighted by molar-refractivity contribution is 5.57. The van der Waals surface area contributed by atoms with E-state index in [1.807, 2.05) is 14.0 Å². The number of hydrogen-bond acceptors (Lipinski definition) is 2. The van der Waals surface area contributed by atoms with Crippen molar-refractivity contribution in [2.45, 2.75) is 13.5 Å². The van der Waals surface area contributed by atoms with Gasteiger partial charge in [-0.15, -0.1) is 0 Å². The van der Waals surface area contributed by atoms with E-state index in [9.17, 15) is 4.39 Å². The molecule has 84 valence electrons. The summed E-state index contributed by atoms with van der Waals surface area (Å²) in [4.78, 5) is 4.23. The summed E-state index contributed by atoms with van der Waals surface area (Å²) in [5.74, 6) is 0.236. The summed E-state index contributed by atoms with van der Waals surface area (Å²) in [6.07, 6.45) is 0. The van der Waals surface area contributed by atoms with Crippen molar-refractivity contribution < 1.29 is 9.50 Å². The number of benzene rings is 1. The zero-order chi connectivity index (χ0) is 11.7. The second kappa shape index (κ2) is 4.06. The Morgan fingerprint density at radius 3 is 2.62 bits per heavy atom. The Labute approximate surface area is 93.2 Å². The van der Waals surface area contributed by atoms with Crippen LogP contribution in [0.3, 0.4) is 0 Å². The summed E-state index contributed by atoms with van der Waals surface area (Å²) in [6.45, 7) is 1.72. The van der Waals surface area contributed by atoms with Crippen molar-refractivity contribution in [1.29, 1.82) is 0 Å². The third-order valence-corrected chi connectivity index (χ3v) is 2.74. The minimum Gasteiger partial charge on any atom is -0.390 e. The summed E-state index contributed by atoms with van der Waals surface area (Å²) < 4.78 is 15.4. The Balaban J connectivity index is 2.61. The van der Waals surface area contributed by atoms with Gasteiger partial charge in [-0.3, -0.25) is 0 Å². The van der Waals surface area contributed by atoms with Crippen molar-refractivity contribution in [1.82, 2.24) is 9.55 Å². The molecule has 3 nitrogen and oxygen atoms in total. The van der Waals surface area contributed by atoms with Crippen LogP contribution in [-0.4, -0.2) is 14.7 Å². The third-order valence-electron chi connectivity index (χ3n) is 2.74. The highest BCUT2D eigenvalue weighted by Crippen LogP contribution is 2.23. The Kier molecular flexibility index (Phi) is 2.75. The average molecular weight is 220 g/mol. The average Bonchev–Trinajstić information content (AvgIpc) is 2.57. The Bertz CT molecular complexity index is 520. The molecule has 4 heteroatoms. The highest BCUT2D eigenvalue weighted by Gasteiger charge is 2.14. The van der Waals surface area contributed by atoms with Gasteiger partial charge in [-0.1, -0.05) is 12.1 Å². The smallest absolute Gasteiger partial charge is 0.143 e. The molecule has 0 atom stereocenters. The van der Waals surface area contributed by atoms with Gasteiger partial charge in [0.1, 0.15) is 11.6 Å². The second-order valence-electron chi connectivity index (χ2n) is 3.66. The first-order valence-electron chi connectivity index (χ1n) is 5.03. The number of aromatic nitrogens is 2. The van der Waals surface area contributed by atoms with E-state index in [2.05, 4.69) is 4.98 Å². The SMILES string of the molecule is Cc1c(CO)nc(-c2ccccc2F)n1C. The van der Waals surface area contributed by atoms with Crippen molar-refractivity contribution in [3.63, 3.8) is 0 Å². The molecule has 16 heavy (non-hydrogen) atoms. The Hall–Kier alpha value is -1.68. The van der Waals surface area contributed by atoms with Gasteiger partial charge in [0, 0.05) is 12.7 Å². The quantitative estimate of drug-likeness (QED) is 0.840. The first-order chi connectivity index (χ1) is 7.65. The maximum Gasteiger partial charge on any atom is 0.143 e. The molecule has 0 bridgehead atoms. The molecule has 0 aliphatic heterocycles. The second-order valence-corrected chi connectivity index (χ2v) is 3.66. The molecule has 0 fully saturated rings. The van der Waals surface area contributed by atoms with E-state index in [0.717, 1.165) is 5.69 Å². The molecule has 2 aromatic rings. The monoisotopic (exact) mass is 220 g/mol. The van der Waals surface area contributed by atoms with Crippen LogP contribution in [0.2, 0.25) is 0 Å². The molecule has 0 saturated carbocycles. The van der Waals surface area contributed by atoms with Gasteiger partial charge in [0.15, 0.2) is 0 Å². The molecule has 0 aliphatic rings. The van der Waals surface area contributed by atoms with Crippen LogP contribution in [0.4, 0.5) is 4.39 Å². The summed E-state index contributed by atoms with van der Waals surface area (Å²) in [6, 6.07) is 6.48. The lowest BCUT2D eigenvalue weighted by molar-refractivity contribution is 0.276. The lowest BCUT2D eigenvalue weighted by Crippen LogP contribution is -1.96. The van der Waals surface area contributed by atoms with E-state index in [1.165, 1.54) is 6.07 Å².